The summed E-state index contributed by atoms with van der Waals surface area (Å²) < 4.78 is 4.85. The predicted molar refractivity (Wildman–Crippen MR) is 240 cm³/mol. The third-order valence-electron chi connectivity index (χ3n) is 11.3. The molecule has 5 nitrogen and oxygen atoms in total. The summed E-state index contributed by atoms with van der Waals surface area (Å²) in [6, 6.07) is 66.8. The quantitative estimate of drug-likeness (QED) is 0.170. The molecule has 5 heteroatoms. The largest absolute Gasteiger partial charge is 0.309 e. The third kappa shape index (κ3) is 5.51. The van der Waals surface area contributed by atoms with Crippen LogP contribution in [0.1, 0.15) is 11.1 Å². The molecule has 0 N–H and O–H groups in total. The van der Waals surface area contributed by atoms with Crippen molar-refractivity contribution in [2.45, 2.75) is 13.8 Å². The molecule has 11 aromatic rings. The van der Waals surface area contributed by atoms with Crippen LogP contribution < -0.4 is 0 Å². The molecule has 0 saturated heterocycles. The van der Waals surface area contributed by atoms with Gasteiger partial charge in [0.2, 0.25) is 0 Å². The van der Waals surface area contributed by atoms with E-state index < -0.39 is 0 Å². The Morgan fingerprint density at radius 2 is 0.741 bits per heavy atom. The summed E-state index contributed by atoms with van der Waals surface area (Å²) >= 11 is 0. The fourth-order valence-corrected chi connectivity index (χ4v) is 8.61. The van der Waals surface area contributed by atoms with Crippen molar-refractivity contribution < 1.29 is 0 Å². The van der Waals surface area contributed by atoms with Crippen molar-refractivity contribution in [1.82, 2.24) is 24.1 Å². The van der Waals surface area contributed by atoms with Crippen LogP contribution in [-0.4, -0.2) is 24.1 Å². The van der Waals surface area contributed by atoms with E-state index in [1.54, 1.807) is 0 Å². The van der Waals surface area contributed by atoms with Crippen molar-refractivity contribution in [2.75, 3.05) is 0 Å². The van der Waals surface area contributed by atoms with Crippen molar-refractivity contribution in [1.29, 1.82) is 0 Å². The monoisotopic (exact) mass is 743 g/mol. The molecule has 274 valence electrons. The van der Waals surface area contributed by atoms with E-state index in [9.17, 15) is 0 Å². The zero-order valence-electron chi connectivity index (χ0n) is 32.1. The minimum Gasteiger partial charge on any atom is -0.309 e. The molecule has 3 heterocycles. The number of hydrogen-bond acceptors (Lipinski definition) is 3. The molecule has 8 aromatic carbocycles. The second-order valence-electron chi connectivity index (χ2n) is 15.0. The number of aryl methyl sites for hydroxylation is 2. The lowest BCUT2D eigenvalue weighted by Gasteiger charge is -2.19. The zero-order chi connectivity index (χ0) is 38.7. The van der Waals surface area contributed by atoms with Crippen LogP contribution in [0.15, 0.2) is 188 Å². The first-order valence-corrected chi connectivity index (χ1v) is 19.7. The molecule has 11 rings (SSSR count). The molecular weight excluding hydrogens is 707 g/mol. The number of nitrogens with zero attached hydrogens (tertiary/aromatic N) is 5. The highest BCUT2D eigenvalue weighted by atomic mass is 15.0. The van der Waals surface area contributed by atoms with Crippen LogP contribution in [0.25, 0.3) is 100 Å². The van der Waals surface area contributed by atoms with Crippen LogP contribution in [-0.2, 0) is 0 Å². The standard InChI is InChI=1S/C53H37N5/c1-34-25-28-48-42(31-34)39-19-9-12-22-45(39)57(48)47-24-14-11-21-41(47)44-33-38(27-30-50(44)58-46-23-13-10-20-40(46)43-32-35(2)26-29-49(43)58)53-55-51(36-15-5-3-6-16-36)54-52(56-53)37-17-7-4-8-18-37/h3-33H,1-2H3. The number of aromatic nitrogens is 5. The van der Waals surface area contributed by atoms with Crippen molar-refractivity contribution in [3.63, 3.8) is 0 Å². The van der Waals surface area contributed by atoms with Crippen molar-refractivity contribution in [3.8, 4) is 56.7 Å². The number of benzene rings is 8. The maximum Gasteiger partial charge on any atom is 0.164 e. The zero-order valence-corrected chi connectivity index (χ0v) is 32.1. The lowest BCUT2D eigenvalue weighted by Crippen LogP contribution is -2.03. The average Bonchev–Trinajstić information content (AvgIpc) is 3.78. The maximum atomic E-state index is 5.16. The topological polar surface area (TPSA) is 48.5 Å². The van der Waals surface area contributed by atoms with Crippen molar-refractivity contribution >= 4 is 43.6 Å². The summed E-state index contributed by atoms with van der Waals surface area (Å²) in [5.74, 6) is 1.88. The van der Waals surface area contributed by atoms with Crippen LogP contribution in [0.5, 0.6) is 0 Å². The van der Waals surface area contributed by atoms with Gasteiger partial charge in [0.05, 0.1) is 33.4 Å². The highest BCUT2D eigenvalue weighted by Gasteiger charge is 2.22. The van der Waals surface area contributed by atoms with E-state index in [2.05, 4.69) is 175 Å². The van der Waals surface area contributed by atoms with Gasteiger partial charge in [-0.15, -0.1) is 0 Å². The van der Waals surface area contributed by atoms with E-state index in [1.807, 2.05) is 36.4 Å². The molecule has 0 bridgehead atoms. The Labute approximate surface area is 336 Å². The number of para-hydroxylation sites is 3. The Kier molecular flexibility index (Phi) is 7.86. The van der Waals surface area contributed by atoms with Gasteiger partial charge in [-0.25, -0.2) is 15.0 Å². The van der Waals surface area contributed by atoms with E-state index in [1.165, 1.54) is 38.2 Å². The van der Waals surface area contributed by atoms with E-state index in [4.69, 9.17) is 15.0 Å². The summed E-state index contributed by atoms with van der Waals surface area (Å²) in [5.41, 5.74) is 14.2. The molecule has 0 unspecified atom stereocenters. The van der Waals surface area contributed by atoms with Gasteiger partial charge in [-0.3, -0.25) is 0 Å². The van der Waals surface area contributed by atoms with Gasteiger partial charge in [-0.1, -0.05) is 139 Å². The normalized spacial score (nSPS) is 11.6. The highest BCUT2D eigenvalue weighted by Crippen LogP contribution is 2.42. The first-order valence-electron chi connectivity index (χ1n) is 19.7. The number of rotatable bonds is 6. The SMILES string of the molecule is Cc1ccc2c(c1)c1ccccc1n2-c1ccccc1-c1cc(-c2nc(-c3ccccc3)nc(-c3ccccc3)n2)ccc1-n1c2ccccc2c2cc(C)ccc21. The van der Waals surface area contributed by atoms with Gasteiger partial charge in [0.15, 0.2) is 17.5 Å². The van der Waals surface area contributed by atoms with Crippen LogP contribution >= 0.6 is 0 Å². The van der Waals surface area contributed by atoms with Crippen molar-refractivity contribution in [2.24, 2.45) is 0 Å². The lowest BCUT2D eigenvalue weighted by atomic mass is 9.98. The van der Waals surface area contributed by atoms with Gasteiger partial charge in [-0.05, 0) is 74.5 Å². The van der Waals surface area contributed by atoms with E-state index in [0.717, 1.165) is 55.7 Å². The van der Waals surface area contributed by atoms with Gasteiger partial charge in [0.1, 0.15) is 0 Å². The second-order valence-corrected chi connectivity index (χ2v) is 15.0. The Balaban J connectivity index is 1.23. The Hall–Kier alpha value is -7.63. The van der Waals surface area contributed by atoms with E-state index >= 15 is 0 Å². The maximum absolute atomic E-state index is 5.16. The number of hydrogen-bond donors (Lipinski definition) is 0. The van der Waals surface area contributed by atoms with Crippen LogP contribution in [0.2, 0.25) is 0 Å². The molecular formula is C53H37N5. The molecule has 0 aliphatic rings. The molecule has 58 heavy (non-hydrogen) atoms. The molecule has 0 amide bonds. The third-order valence-corrected chi connectivity index (χ3v) is 11.3. The first-order chi connectivity index (χ1) is 28.6. The van der Waals surface area contributed by atoms with E-state index in [0.29, 0.717) is 17.5 Å². The minimum absolute atomic E-state index is 0.614. The smallest absolute Gasteiger partial charge is 0.164 e. The Morgan fingerprint density at radius 1 is 0.310 bits per heavy atom. The second kappa shape index (κ2) is 13.5. The van der Waals surface area contributed by atoms with Gasteiger partial charge in [0, 0.05) is 49.4 Å². The Morgan fingerprint density at radius 3 is 1.29 bits per heavy atom. The predicted octanol–water partition coefficient (Wildman–Crippen LogP) is 13.4. The fraction of sp³-hybridized carbons (Fsp3) is 0.0377. The van der Waals surface area contributed by atoms with Crippen LogP contribution in [0.3, 0.4) is 0 Å². The molecule has 0 aliphatic heterocycles. The van der Waals surface area contributed by atoms with Crippen molar-refractivity contribution in [3.05, 3.63) is 199 Å². The molecule has 0 atom stereocenters. The summed E-state index contributed by atoms with van der Waals surface area (Å²) in [6.45, 7) is 4.33. The number of fused-ring (bicyclic) bond motifs is 6. The lowest BCUT2D eigenvalue weighted by molar-refractivity contribution is 1.07. The van der Waals surface area contributed by atoms with Crippen LogP contribution in [0, 0.1) is 13.8 Å². The van der Waals surface area contributed by atoms with E-state index in [-0.39, 0.29) is 0 Å². The molecule has 0 spiro atoms. The Bertz CT molecular complexity index is 3300. The molecule has 0 aliphatic carbocycles. The van der Waals surface area contributed by atoms with Gasteiger partial charge in [-0.2, -0.15) is 0 Å². The molecule has 0 radical (unpaired) electrons. The van der Waals surface area contributed by atoms with Gasteiger partial charge in [0.25, 0.3) is 0 Å². The molecule has 3 aromatic heterocycles. The average molecular weight is 744 g/mol. The molecule has 0 saturated carbocycles. The minimum atomic E-state index is 0.614. The molecule has 0 fully saturated rings. The summed E-state index contributed by atoms with van der Waals surface area (Å²) in [5, 5.41) is 4.92. The van der Waals surface area contributed by atoms with Crippen LogP contribution in [0.4, 0.5) is 0 Å². The fourth-order valence-electron chi connectivity index (χ4n) is 8.61. The summed E-state index contributed by atoms with van der Waals surface area (Å²) in [6.07, 6.45) is 0. The highest BCUT2D eigenvalue weighted by molar-refractivity contribution is 6.11. The summed E-state index contributed by atoms with van der Waals surface area (Å²) in [4.78, 5) is 15.3. The van der Waals surface area contributed by atoms with Gasteiger partial charge < -0.3 is 9.13 Å². The summed E-state index contributed by atoms with van der Waals surface area (Å²) in [7, 11) is 0. The van der Waals surface area contributed by atoms with Gasteiger partial charge >= 0.3 is 0 Å². The first kappa shape index (κ1) is 33.7.